The number of aliphatic hydroxyl groups excluding tert-OH is 1. The second-order valence-corrected chi connectivity index (χ2v) is 7.07. The topological polar surface area (TPSA) is 93.5 Å². The van der Waals surface area contributed by atoms with Gasteiger partial charge in [-0.05, 0) is 38.1 Å². The number of nitrogens with one attached hydrogen (secondary N) is 1. The number of hydrogen-bond acceptors (Lipinski definition) is 5. The third-order valence-corrected chi connectivity index (χ3v) is 4.77. The summed E-state index contributed by atoms with van der Waals surface area (Å²) in [6.07, 6.45) is 0.300. The highest BCUT2D eigenvalue weighted by molar-refractivity contribution is 6.35. The van der Waals surface area contributed by atoms with Gasteiger partial charge in [0.25, 0.3) is 0 Å². The SMILES string of the molecule is CC(=O)C1C(=O)NC(=Cc2c(C)nn(C)c2Oc2ccc(Cl)cc2Cl)C1O. The molecule has 2 heterocycles. The molecule has 3 rings (SSSR count). The lowest BCUT2D eigenvalue weighted by atomic mass is 9.99. The first-order valence-electron chi connectivity index (χ1n) is 8.06. The normalized spacial score (nSPS) is 20.8. The maximum Gasteiger partial charge on any atom is 0.237 e. The van der Waals surface area contributed by atoms with Gasteiger partial charge in [0.15, 0.2) is 0 Å². The number of halogens is 2. The third kappa shape index (κ3) is 3.71. The van der Waals surface area contributed by atoms with E-state index in [0.717, 1.165) is 0 Å². The van der Waals surface area contributed by atoms with Crippen molar-refractivity contribution in [2.75, 3.05) is 0 Å². The van der Waals surface area contributed by atoms with Crippen molar-refractivity contribution in [1.29, 1.82) is 0 Å². The number of benzene rings is 1. The monoisotopic (exact) mass is 409 g/mol. The second kappa shape index (κ2) is 7.34. The molecule has 0 saturated carbocycles. The highest BCUT2D eigenvalue weighted by Gasteiger charge is 2.40. The summed E-state index contributed by atoms with van der Waals surface area (Å²) in [6, 6.07) is 4.82. The molecule has 2 atom stereocenters. The lowest BCUT2D eigenvalue weighted by Gasteiger charge is -2.11. The summed E-state index contributed by atoms with van der Waals surface area (Å²) in [5, 5.41) is 18.0. The van der Waals surface area contributed by atoms with Crippen LogP contribution in [0.1, 0.15) is 18.2 Å². The molecule has 0 aliphatic carbocycles. The van der Waals surface area contributed by atoms with Crippen molar-refractivity contribution in [2.45, 2.75) is 20.0 Å². The lowest BCUT2D eigenvalue weighted by molar-refractivity contribution is -0.132. The van der Waals surface area contributed by atoms with E-state index in [4.69, 9.17) is 27.9 Å². The first-order chi connectivity index (χ1) is 12.7. The van der Waals surface area contributed by atoms with Gasteiger partial charge in [0, 0.05) is 17.8 Å². The van der Waals surface area contributed by atoms with Gasteiger partial charge in [-0.25, -0.2) is 4.68 Å². The molecule has 2 unspecified atom stereocenters. The molecule has 0 radical (unpaired) electrons. The van der Waals surface area contributed by atoms with Crippen molar-refractivity contribution in [1.82, 2.24) is 15.1 Å². The molecule has 1 aromatic carbocycles. The molecule has 0 bridgehead atoms. The predicted molar refractivity (Wildman–Crippen MR) is 101 cm³/mol. The number of ether oxygens (including phenoxy) is 1. The van der Waals surface area contributed by atoms with Gasteiger partial charge in [0.1, 0.15) is 23.6 Å². The quantitative estimate of drug-likeness (QED) is 0.757. The number of rotatable bonds is 4. The Bertz CT molecular complexity index is 968. The van der Waals surface area contributed by atoms with Gasteiger partial charge in [-0.15, -0.1) is 0 Å². The minimum absolute atomic E-state index is 0.211. The molecule has 2 aromatic rings. The number of carbonyl (C=O) groups excluding carboxylic acids is 2. The van der Waals surface area contributed by atoms with Gasteiger partial charge in [0.05, 0.1) is 16.3 Å². The summed E-state index contributed by atoms with van der Waals surface area (Å²) in [5.41, 5.74) is 1.36. The number of hydrogen-bond donors (Lipinski definition) is 2. The molecule has 1 aliphatic heterocycles. The minimum atomic E-state index is -1.25. The Labute approximate surface area is 165 Å². The van der Waals surface area contributed by atoms with Crippen LogP contribution in [0.4, 0.5) is 0 Å². The first-order valence-corrected chi connectivity index (χ1v) is 8.82. The number of carbonyl (C=O) groups is 2. The Morgan fingerprint density at radius 1 is 1.41 bits per heavy atom. The number of amides is 1. The van der Waals surface area contributed by atoms with E-state index in [-0.39, 0.29) is 5.70 Å². The molecular weight excluding hydrogens is 393 g/mol. The van der Waals surface area contributed by atoms with E-state index in [1.54, 1.807) is 38.2 Å². The number of aryl methyl sites for hydroxylation is 2. The summed E-state index contributed by atoms with van der Waals surface area (Å²) in [5.74, 6) is -1.33. The number of ketones is 1. The van der Waals surface area contributed by atoms with E-state index in [2.05, 4.69) is 10.4 Å². The van der Waals surface area contributed by atoms with Crippen LogP contribution in [0.2, 0.25) is 10.0 Å². The molecule has 0 spiro atoms. The van der Waals surface area contributed by atoms with Crippen LogP contribution in [0.25, 0.3) is 6.08 Å². The zero-order valence-electron chi connectivity index (χ0n) is 14.8. The van der Waals surface area contributed by atoms with Crippen LogP contribution in [0.3, 0.4) is 0 Å². The largest absolute Gasteiger partial charge is 0.437 e. The van der Waals surface area contributed by atoms with E-state index in [1.165, 1.54) is 11.6 Å². The molecular formula is C18H17Cl2N3O4. The van der Waals surface area contributed by atoms with Gasteiger partial charge < -0.3 is 15.2 Å². The van der Waals surface area contributed by atoms with Crippen molar-refractivity contribution >= 4 is 41.0 Å². The highest BCUT2D eigenvalue weighted by Crippen LogP contribution is 2.35. The summed E-state index contributed by atoms with van der Waals surface area (Å²) >= 11 is 12.1. The molecule has 1 aliphatic rings. The van der Waals surface area contributed by atoms with Gasteiger partial charge in [-0.1, -0.05) is 23.2 Å². The van der Waals surface area contributed by atoms with Crippen LogP contribution in [-0.4, -0.2) is 32.7 Å². The van der Waals surface area contributed by atoms with E-state index < -0.39 is 23.7 Å². The maximum absolute atomic E-state index is 12.0. The molecule has 2 N–H and O–H groups in total. The van der Waals surface area contributed by atoms with Gasteiger partial charge >= 0.3 is 0 Å². The zero-order chi connectivity index (χ0) is 19.9. The van der Waals surface area contributed by atoms with E-state index >= 15 is 0 Å². The number of nitrogens with zero attached hydrogens (tertiary/aromatic N) is 2. The van der Waals surface area contributed by atoms with Crippen LogP contribution in [-0.2, 0) is 16.6 Å². The summed E-state index contributed by atoms with van der Waals surface area (Å²) in [6.45, 7) is 3.02. The van der Waals surface area contributed by atoms with Crippen molar-refractivity contribution in [3.05, 3.63) is 45.2 Å². The standard InChI is InChI=1S/C18H17Cl2N3O4/c1-8-11(7-13-16(25)15(9(2)24)17(26)21-13)18(23(3)22-8)27-14-5-4-10(19)6-12(14)20/h4-7,15-16,25H,1-3H3,(H,21,26). The summed E-state index contributed by atoms with van der Waals surface area (Å²) in [7, 11) is 1.69. The zero-order valence-corrected chi connectivity index (χ0v) is 16.3. The van der Waals surface area contributed by atoms with E-state index in [0.29, 0.717) is 32.9 Å². The fourth-order valence-electron chi connectivity index (χ4n) is 2.90. The molecule has 1 saturated heterocycles. The second-order valence-electron chi connectivity index (χ2n) is 6.23. The predicted octanol–water partition coefficient (Wildman–Crippen LogP) is 2.86. The number of Topliss-reactive ketones (excluding diaryl/α,β-unsaturated/α-hetero) is 1. The molecule has 1 fully saturated rings. The average Bonchev–Trinajstić information content (AvgIpc) is 2.99. The lowest BCUT2D eigenvalue weighted by Crippen LogP contribution is -2.28. The van der Waals surface area contributed by atoms with Crippen LogP contribution >= 0.6 is 23.2 Å². The molecule has 7 nitrogen and oxygen atoms in total. The Morgan fingerprint density at radius 2 is 2.11 bits per heavy atom. The van der Waals surface area contributed by atoms with Crippen LogP contribution in [0.15, 0.2) is 23.9 Å². The Hall–Kier alpha value is -2.35. The summed E-state index contributed by atoms with van der Waals surface area (Å²) in [4.78, 5) is 23.5. The Balaban J connectivity index is 2.00. The molecule has 1 amide bonds. The number of aromatic nitrogens is 2. The first kappa shape index (κ1) is 19.4. The summed E-state index contributed by atoms with van der Waals surface area (Å²) < 4.78 is 7.41. The molecule has 9 heteroatoms. The Morgan fingerprint density at radius 3 is 2.70 bits per heavy atom. The maximum atomic E-state index is 12.0. The average molecular weight is 410 g/mol. The van der Waals surface area contributed by atoms with Gasteiger partial charge in [0.2, 0.25) is 11.8 Å². The van der Waals surface area contributed by atoms with Crippen molar-refractivity contribution in [3.63, 3.8) is 0 Å². The van der Waals surface area contributed by atoms with Crippen LogP contribution in [0.5, 0.6) is 11.6 Å². The van der Waals surface area contributed by atoms with Gasteiger partial charge in [-0.3, -0.25) is 9.59 Å². The Kier molecular flexibility index (Phi) is 5.28. The smallest absolute Gasteiger partial charge is 0.237 e. The third-order valence-electron chi connectivity index (χ3n) is 4.24. The van der Waals surface area contributed by atoms with E-state index in [9.17, 15) is 14.7 Å². The molecule has 142 valence electrons. The molecule has 1 aromatic heterocycles. The highest BCUT2D eigenvalue weighted by atomic mass is 35.5. The number of aliphatic hydroxyl groups is 1. The van der Waals surface area contributed by atoms with Crippen molar-refractivity contribution < 1.29 is 19.4 Å². The van der Waals surface area contributed by atoms with E-state index in [1.807, 2.05) is 0 Å². The fourth-order valence-corrected chi connectivity index (χ4v) is 3.35. The fraction of sp³-hybridized carbons (Fsp3) is 0.278. The minimum Gasteiger partial charge on any atom is -0.437 e. The molecule has 27 heavy (non-hydrogen) atoms. The van der Waals surface area contributed by atoms with Crippen LogP contribution < -0.4 is 10.1 Å². The van der Waals surface area contributed by atoms with Crippen molar-refractivity contribution in [2.24, 2.45) is 13.0 Å². The van der Waals surface area contributed by atoms with Gasteiger partial charge in [-0.2, -0.15) is 5.10 Å². The van der Waals surface area contributed by atoms with Crippen LogP contribution in [0, 0.1) is 12.8 Å². The van der Waals surface area contributed by atoms with Crippen molar-refractivity contribution in [3.8, 4) is 11.6 Å².